The number of rotatable bonds is 2. The first-order valence-corrected chi connectivity index (χ1v) is 5.97. The van der Waals surface area contributed by atoms with Gasteiger partial charge in [-0.25, -0.2) is 4.39 Å². The fraction of sp³-hybridized carbons (Fsp3) is 0.538. The quantitative estimate of drug-likeness (QED) is 0.840. The third-order valence-electron chi connectivity index (χ3n) is 3.34. The fourth-order valence-corrected chi connectivity index (χ4v) is 2.34. The molecule has 2 rings (SSSR count). The Morgan fingerprint density at radius 3 is 2.82 bits per heavy atom. The van der Waals surface area contributed by atoms with E-state index in [1.54, 1.807) is 12.1 Å². The maximum atomic E-state index is 13.3. The van der Waals surface area contributed by atoms with Gasteiger partial charge in [0.25, 0.3) is 0 Å². The number of benzene rings is 1. The summed E-state index contributed by atoms with van der Waals surface area (Å²) in [4.78, 5) is 4.29. The number of likely N-dealkylation sites (N-methyl/N-ethyl adjacent to an activating group) is 1. The summed E-state index contributed by atoms with van der Waals surface area (Å²) in [5.41, 5.74) is 2.15. The predicted molar refractivity (Wildman–Crippen MR) is 69.0 cm³/mol. The fourth-order valence-electron chi connectivity index (χ4n) is 2.34. The molecule has 1 unspecified atom stereocenters. The Morgan fingerprint density at radius 1 is 1.41 bits per heavy atom. The molecule has 0 radical (unpaired) electrons. The lowest BCUT2D eigenvalue weighted by atomic mass is 10.0. The van der Waals surface area contributed by atoms with Gasteiger partial charge in [-0.1, -0.05) is 6.07 Å². The average molecular weight is 237 g/mol. The Morgan fingerprint density at radius 2 is 2.18 bits per heavy atom. The zero-order valence-electron chi connectivity index (χ0n) is 10.7. The van der Waals surface area contributed by atoms with Crippen molar-refractivity contribution in [1.29, 1.82) is 0 Å². The van der Waals surface area contributed by atoms with E-state index in [4.69, 9.17) is 0 Å². The van der Waals surface area contributed by atoms with Gasteiger partial charge in [0.1, 0.15) is 5.82 Å². The van der Waals surface area contributed by atoms with Crippen LogP contribution in [-0.2, 0) is 0 Å². The van der Waals surface area contributed by atoms with Crippen molar-refractivity contribution in [3.63, 3.8) is 0 Å². The van der Waals surface area contributed by atoms with E-state index in [0.717, 1.165) is 25.3 Å². The first kappa shape index (κ1) is 12.3. The maximum Gasteiger partial charge on any atom is 0.125 e. The third-order valence-corrected chi connectivity index (χ3v) is 3.34. The SMILES string of the molecule is CN(C)c1cc(F)ccc1C1CNCCN1C. The maximum absolute atomic E-state index is 13.3. The average Bonchev–Trinajstić information content (AvgIpc) is 2.30. The van der Waals surface area contributed by atoms with E-state index in [2.05, 4.69) is 17.3 Å². The molecule has 1 aliphatic heterocycles. The molecule has 4 heteroatoms. The largest absolute Gasteiger partial charge is 0.377 e. The third kappa shape index (κ3) is 2.58. The summed E-state index contributed by atoms with van der Waals surface area (Å²) in [6.45, 7) is 2.96. The Labute approximate surface area is 102 Å². The molecule has 1 aliphatic rings. The summed E-state index contributed by atoms with van der Waals surface area (Å²) in [5.74, 6) is -0.177. The molecule has 0 saturated carbocycles. The minimum absolute atomic E-state index is 0.177. The van der Waals surface area contributed by atoms with Gasteiger partial charge in [-0.05, 0) is 24.7 Å². The lowest BCUT2D eigenvalue weighted by molar-refractivity contribution is 0.202. The Kier molecular flexibility index (Phi) is 3.64. The van der Waals surface area contributed by atoms with Crippen molar-refractivity contribution in [1.82, 2.24) is 10.2 Å². The van der Waals surface area contributed by atoms with E-state index in [1.165, 1.54) is 5.56 Å². The standard InChI is InChI=1S/C13H20FN3/c1-16(2)12-8-10(14)4-5-11(12)13-9-15-6-7-17(13)3/h4-5,8,13,15H,6-7,9H2,1-3H3. The van der Waals surface area contributed by atoms with Gasteiger partial charge in [-0.2, -0.15) is 0 Å². The van der Waals surface area contributed by atoms with Crippen molar-refractivity contribution in [2.75, 3.05) is 45.7 Å². The minimum atomic E-state index is -0.177. The highest BCUT2D eigenvalue weighted by atomic mass is 19.1. The van der Waals surface area contributed by atoms with Crippen molar-refractivity contribution < 1.29 is 4.39 Å². The van der Waals surface area contributed by atoms with E-state index in [1.807, 2.05) is 25.1 Å². The number of halogens is 1. The molecule has 1 fully saturated rings. The van der Waals surface area contributed by atoms with Gasteiger partial charge < -0.3 is 10.2 Å². The van der Waals surface area contributed by atoms with Gasteiger partial charge in [-0.15, -0.1) is 0 Å². The first-order chi connectivity index (χ1) is 8.09. The molecule has 0 aliphatic carbocycles. The molecule has 0 aromatic heterocycles. The minimum Gasteiger partial charge on any atom is -0.377 e. The summed E-state index contributed by atoms with van der Waals surface area (Å²) in [5, 5.41) is 3.39. The van der Waals surface area contributed by atoms with Gasteiger partial charge >= 0.3 is 0 Å². The van der Waals surface area contributed by atoms with Crippen molar-refractivity contribution in [2.24, 2.45) is 0 Å². The van der Waals surface area contributed by atoms with Gasteiger partial charge in [-0.3, -0.25) is 4.90 Å². The van der Waals surface area contributed by atoms with Crippen LogP contribution in [0.3, 0.4) is 0 Å². The van der Waals surface area contributed by atoms with E-state index in [-0.39, 0.29) is 5.82 Å². The number of piperazine rings is 1. The van der Waals surface area contributed by atoms with Crippen LogP contribution in [0.4, 0.5) is 10.1 Å². The zero-order valence-corrected chi connectivity index (χ0v) is 10.7. The van der Waals surface area contributed by atoms with Gasteiger partial charge in [0.05, 0.1) is 0 Å². The van der Waals surface area contributed by atoms with Crippen molar-refractivity contribution >= 4 is 5.69 Å². The Hall–Kier alpha value is -1.13. The van der Waals surface area contributed by atoms with Crippen LogP contribution in [0.25, 0.3) is 0 Å². The summed E-state index contributed by atoms with van der Waals surface area (Å²) in [7, 11) is 6.03. The Bertz CT molecular complexity index is 392. The molecule has 0 amide bonds. The molecule has 1 aromatic rings. The highest BCUT2D eigenvalue weighted by Crippen LogP contribution is 2.29. The van der Waals surface area contributed by atoms with Crippen LogP contribution in [0.15, 0.2) is 18.2 Å². The second-order valence-electron chi connectivity index (χ2n) is 4.80. The molecular weight excluding hydrogens is 217 g/mol. The molecule has 1 N–H and O–H groups in total. The van der Waals surface area contributed by atoms with Crippen molar-refractivity contribution in [2.45, 2.75) is 6.04 Å². The summed E-state index contributed by atoms with van der Waals surface area (Å²) in [6, 6.07) is 5.38. The molecule has 1 saturated heterocycles. The number of nitrogens with one attached hydrogen (secondary N) is 1. The molecule has 0 spiro atoms. The number of anilines is 1. The summed E-state index contributed by atoms with van der Waals surface area (Å²) >= 11 is 0. The molecular formula is C13H20FN3. The Balaban J connectivity index is 2.36. The highest BCUT2D eigenvalue weighted by molar-refractivity contribution is 5.54. The second-order valence-corrected chi connectivity index (χ2v) is 4.80. The molecule has 1 heterocycles. The van der Waals surface area contributed by atoms with E-state index in [0.29, 0.717) is 6.04 Å². The molecule has 94 valence electrons. The van der Waals surface area contributed by atoms with Crippen molar-refractivity contribution in [3.05, 3.63) is 29.6 Å². The highest BCUT2D eigenvalue weighted by Gasteiger charge is 2.23. The molecule has 0 bridgehead atoms. The van der Waals surface area contributed by atoms with Crippen LogP contribution < -0.4 is 10.2 Å². The van der Waals surface area contributed by atoms with E-state index in [9.17, 15) is 4.39 Å². The topological polar surface area (TPSA) is 18.5 Å². The second kappa shape index (κ2) is 5.02. The molecule has 1 atom stereocenters. The zero-order chi connectivity index (χ0) is 12.4. The van der Waals surface area contributed by atoms with Crippen molar-refractivity contribution in [3.8, 4) is 0 Å². The number of nitrogens with zero attached hydrogens (tertiary/aromatic N) is 2. The molecule has 3 nitrogen and oxygen atoms in total. The lowest BCUT2D eigenvalue weighted by Crippen LogP contribution is -2.44. The monoisotopic (exact) mass is 237 g/mol. The number of hydrogen-bond acceptors (Lipinski definition) is 3. The van der Waals surface area contributed by atoms with E-state index >= 15 is 0 Å². The van der Waals surface area contributed by atoms with Crippen LogP contribution in [0.2, 0.25) is 0 Å². The van der Waals surface area contributed by atoms with Gasteiger partial charge in [0.2, 0.25) is 0 Å². The predicted octanol–water partition coefficient (Wildman–Crippen LogP) is 1.47. The van der Waals surface area contributed by atoms with Crippen LogP contribution in [0, 0.1) is 5.82 Å². The van der Waals surface area contributed by atoms with Crippen LogP contribution >= 0.6 is 0 Å². The van der Waals surface area contributed by atoms with E-state index < -0.39 is 0 Å². The molecule has 1 aromatic carbocycles. The van der Waals surface area contributed by atoms with Crippen LogP contribution in [-0.4, -0.2) is 45.7 Å². The smallest absolute Gasteiger partial charge is 0.125 e. The van der Waals surface area contributed by atoms with Crippen LogP contribution in [0.5, 0.6) is 0 Å². The lowest BCUT2D eigenvalue weighted by Gasteiger charge is -2.35. The first-order valence-electron chi connectivity index (χ1n) is 5.97. The summed E-state index contributed by atoms with van der Waals surface area (Å²) < 4.78 is 13.3. The van der Waals surface area contributed by atoms with Crippen LogP contribution in [0.1, 0.15) is 11.6 Å². The summed E-state index contributed by atoms with van der Waals surface area (Å²) in [6.07, 6.45) is 0. The number of hydrogen-bond donors (Lipinski definition) is 1. The normalized spacial score (nSPS) is 21.5. The van der Waals surface area contributed by atoms with Gasteiger partial charge in [0.15, 0.2) is 0 Å². The van der Waals surface area contributed by atoms with Gasteiger partial charge in [0, 0.05) is 45.5 Å². The molecule has 17 heavy (non-hydrogen) atoms.